The van der Waals surface area contributed by atoms with Crippen molar-refractivity contribution in [1.82, 2.24) is 9.78 Å². The molecule has 3 rings (SSSR count). The van der Waals surface area contributed by atoms with E-state index in [1.54, 1.807) is 0 Å². The molecule has 1 fully saturated rings. The van der Waals surface area contributed by atoms with Gasteiger partial charge in [0.25, 0.3) is 0 Å². The highest BCUT2D eigenvalue weighted by atomic mass is 32.2. The van der Waals surface area contributed by atoms with Crippen LogP contribution in [0.15, 0.2) is 29.2 Å². The smallest absolute Gasteiger partial charge is 0.238 e. The molecule has 120 valence electrons. The van der Waals surface area contributed by atoms with E-state index >= 15 is 0 Å². The summed E-state index contributed by atoms with van der Waals surface area (Å²) in [5.41, 5.74) is 7.35. The Labute approximate surface area is 133 Å². The average Bonchev–Trinajstić information content (AvgIpc) is 3.14. The van der Waals surface area contributed by atoms with Gasteiger partial charge in [0.2, 0.25) is 10.0 Å². The van der Waals surface area contributed by atoms with Crippen molar-refractivity contribution >= 4 is 15.8 Å². The van der Waals surface area contributed by atoms with E-state index in [1.165, 1.54) is 28.9 Å². The lowest BCUT2D eigenvalue weighted by Crippen LogP contribution is -2.12. The van der Waals surface area contributed by atoms with Gasteiger partial charge in [-0.25, -0.2) is 18.2 Å². The fourth-order valence-electron chi connectivity index (χ4n) is 2.56. The summed E-state index contributed by atoms with van der Waals surface area (Å²) in [5.74, 6) is 0.196. The van der Waals surface area contributed by atoms with Gasteiger partial charge in [-0.1, -0.05) is 0 Å². The Morgan fingerprint density at radius 2 is 2.04 bits per heavy atom. The number of anilines is 1. The molecule has 0 amide bonds. The van der Waals surface area contributed by atoms with Gasteiger partial charge in [-0.05, 0) is 37.1 Å². The summed E-state index contributed by atoms with van der Waals surface area (Å²) in [6.45, 7) is 0.630. The Balaban J connectivity index is 2.05. The van der Waals surface area contributed by atoms with Crippen LogP contribution < -0.4 is 10.9 Å². The molecule has 23 heavy (non-hydrogen) atoms. The molecule has 2 heterocycles. The number of primary sulfonamides is 1. The molecule has 0 aliphatic carbocycles. The summed E-state index contributed by atoms with van der Waals surface area (Å²) in [4.78, 5) is -0.00756. The van der Waals surface area contributed by atoms with E-state index in [0.29, 0.717) is 18.0 Å². The summed E-state index contributed by atoms with van der Waals surface area (Å²) in [5, 5.41) is 18.8. The van der Waals surface area contributed by atoms with Crippen molar-refractivity contribution in [2.45, 2.75) is 23.8 Å². The van der Waals surface area contributed by atoms with Crippen LogP contribution in [0.5, 0.6) is 0 Å². The van der Waals surface area contributed by atoms with Crippen molar-refractivity contribution < 1.29 is 13.2 Å². The lowest BCUT2D eigenvalue weighted by Gasteiger charge is -2.06. The fraction of sp³-hybridized carbons (Fsp3) is 0.286. The van der Waals surface area contributed by atoms with Gasteiger partial charge in [-0.15, -0.1) is 0 Å². The van der Waals surface area contributed by atoms with Crippen LogP contribution in [0, 0.1) is 11.3 Å². The first kappa shape index (κ1) is 15.5. The van der Waals surface area contributed by atoms with Crippen LogP contribution in [-0.4, -0.2) is 24.8 Å². The van der Waals surface area contributed by atoms with Crippen LogP contribution in [0.3, 0.4) is 0 Å². The predicted molar refractivity (Wildman–Crippen MR) is 82.0 cm³/mol. The molecule has 1 aromatic heterocycles. The van der Waals surface area contributed by atoms with Crippen molar-refractivity contribution in [3.8, 4) is 11.8 Å². The van der Waals surface area contributed by atoms with Gasteiger partial charge >= 0.3 is 0 Å². The number of nitrogens with two attached hydrogens (primary N) is 2. The van der Waals surface area contributed by atoms with E-state index < -0.39 is 10.0 Å². The molecule has 4 N–H and O–H groups in total. The summed E-state index contributed by atoms with van der Waals surface area (Å²) < 4.78 is 29.6. The third-order valence-electron chi connectivity index (χ3n) is 3.70. The zero-order chi connectivity index (χ0) is 16.6. The van der Waals surface area contributed by atoms with Crippen LogP contribution in [-0.2, 0) is 14.8 Å². The van der Waals surface area contributed by atoms with E-state index in [1.807, 2.05) is 0 Å². The third-order valence-corrected chi connectivity index (χ3v) is 4.63. The van der Waals surface area contributed by atoms with Crippen LogP contribution in [0.2, 0.25) is 0 Å². The minimum Gasteiger partial charge on any atom is -0.382 e. The molecule has 9 heteroatoms. The maximum absolute atomic E-state index is 11.3. The third kappa shape index (κ3) is 2.79. The Morgan fingerprint density at radius 3 is 2.57 bits per heavy atom. The molecular weight excluding hydrogens is 318 g/mol. The molecule has 1 aromatic carbocycles. The van der Waals surface area contributed by atoms with Crippen molar-refractivity contribution in [3.63, 3.8) is 0 Å². The first-order valence-corrected chi connectivity index (χ1v) is 8.50. The monoisotopic (exact) mass is 333 g/mol. The summed E-state index contributed by atoms with van der Waals surface area (Å²) in [7, 11) is -3.77. The summed E-state index contributed by atoms with van der Waals surface area (Å²) >= 11 is 0. The normalized spacial score (nSPS) is 18.0. The van der Waals surface area contributed by atoms with E-state index in [4.69, 9.17) is 15.6 Å². The Hall–Kier alpha value is -2.41. The number of hydrogen-bond acceptors (Lipinski definition) is 6. The average molecular weight is 333 g/mol. The summed E-state index contributed by atoms with van der Waals surface area (Å²) in [6.07, 6.45) is 1.46. The first-order valence-electron chi connectivity index (χ1n) is 6.95. The number of nitrogens with zero attached hydrogens (tertiary/aromatic N) is 3. The van der Waals surface area contributed by atoms with E-state index in [2.05, 4.69) is 11.2 Å². The number of sulfonamides is 1. The van der Waals surface area contributed by atoms with Gasteiger partial charge in [0.1, 0.15) is 29.2 Å². The van der Waals surface area contributed by atoms with Crippen molar-refractivity contribution in [3.05, 3.63) is 35.5 Å². The highest BCUT2D eigenvalue weighted by molar-refractivity contribution is 7.89. The number of nitrogen functional groups attached to an aromatic ring is 1. The molecule has 1 aliphatic heterocycles. The van der Waals surface area contributed by atoms with E-state index in [9.17, 15) is 13.7 Å². The van der Waals surface area contributed by atoms with Crippen molar-refractivity contribution in [1.29, 1.82) is 5.26 Å². The van der Waals surface area contributed by atoms with Gasteiger partial charge in [0.15, 0.2) is 0 Å². The number of ether oxygens (including phenoxy) is 1. The number of aromatic nitrogens is 2. The molecule has 1 saturated heterocycles. The van der Waals surface area contributed by atoms with Gasteiger partial charge in [-0.3, -0.25) is 0 Å². The molecule has 0 unspecified atom stereocenters. The molecule has 1 atom stereocenters. The van der Waals surface area contributed by atoms with Crippen LogP contribution in [0.1, 0.15) is 30.2 Å². The number of hydrogen-bond donors (Lipinski definition) is 2. The Kier molecular flexibility index (Phi) is 3.81. The van der Waals surface area contributed by atoms with Crippen LogP contribution in [0.4, 0.5) is 5.82 Å². The highest BCUT2D eigenvalue weighted by Crippen LogP contribution is 2.33. The predicted octanol–water partition coefficient (Wildman–Crippen LogP) is 0.825. The number of nitriles is 1. The van der Waals surface area contributed by atoms with Crippen LogP contribution in [0.25, 0.3) is 5.69 Å². The highest BCUT2D eigenvalue weighted by Gasteiger charge is 2.27. The maximum Gasteiger partial charge on any atom is 0.238 e. The molecular formula is C14H15N5O3S. The molecule has 0 radical (unpaired) electrons. The minimum atomic E-state index is -3.77. The molecule has 2 aromatic rings. The van der Waals surface area contributed by atoms with Gasteiger partial charge < -0.3 is 10.5 Å². The lowest BCUT2D eigenvalue weighted by atomic mass is 10.1. The molecule has 8 nitrogen and oxygen atoms in total. The topological polar surface area (TPSA) is 137 Å². The molecule has 0 bridgehead atoms. The second-order valence-electron chi connectivity index (χ2n) is 5.21. The Bertz CT molecular complexity index is 874. The second kappa shape index (κ2) is 5.66. The second-order valence-corrected chi connectivity index (χ2v) is 6.77. The zero-order valence-electron chi connectivity index (χ0n) is 12.1. The lowest BCUT2D eigenvalue weighted by molar-refractivity contribution is 0.108. The molecule has 1 aliphatic rings. The molecule has 0 saturated carbocycles. The fourth-order valence-corrected chi connectivity index (χ4v) is 3.07. The quantitative estimate of drug-likeness (QED) is 0.853. The van der Waals surface area contributed by atoms with Crippen LogP contribution >= 0.6 is 0 Å². The SMILES string of the molecule is N#Cc1c([C@@H]2CCCO2)nn(-c2ccc(S(N)(=O)=O)cc2)c1N. The minimum absolute atomic E-state index is 0.00756. The number of rotatable bonds is 3. The standard InChI is InChI=1S/C14H15N5O3S/c15-8-11-13(12-2-1-7-22-12)18-19(14(11)16)9-3-5-10(6-4-9)23(17,20)21/h3-6,12H,1-2,7,16H2,(H2,17,20,21)/t12-/m0/s1. The Morgan fingerprint density at radius 1 is 1.35 bits per heavy atom. The maximum atomic E-state index is 11.3. The van der Waals surface area contributed by atoms with Crippen molar-refractivity contribution in [2.24, 2.45) is 5.14 Å². The van der Waals surface area contributed by atoms with Gasteiger partial charge in [0, 0.05) is 6.61 Å². The first-order chi connectivity index (χ1) is 10.9. The largest absolute Gasteiger partial charge is 0.382 e. The van der Waals surface area contributed by atoms with E-state index in [0.717, 1.165) is 12.8 Å². The molecule has 0 spiro atoms. The zero-order valence-corrected chi connectivity index (χ0v) is 13.0. The number of benzene rings is 1. The van der Waals surface area contributed by atoms with E-state index in [-0.39, 0.29) is 22.4 Å². The summed E-state index contributed by atoms with van der Waals surface area (Å²) in [6, 6.07) is 7.85. The van der Waals surface area contributed by atoms with Gasteiger partial charge in [0.05, 0.1) is 10.6 Å². The van der Waals surface area contributed by atoms with Crippen molar-refractivity contribution in [2.75, 3.05) is 12.3 Å². The van der Waals surface area contributed by atoms with Gasteiger partial charge in [-0.2, -0.15) is 10.4 Å².